The van der Waals surface area contributed by atoms with Gasteiger partial charge in [0.2, 0.25) is 5.88 Å². The smallest absolute Gasteiger partial charge is 0.213 e. The molecule has 2 aliphatic rings. The molecule has 2 aromatic heterocycles. The van der Waals surface area contributed by atoms with Crippen LogP contribution in [0.5, 0.6) is 5.88 Å². The van der Waals surface area contributed by atoms with Gasteiger partial charge in [0.1, 0.15) is 0 Å². The molecule has 1 saturated carbocycles. The second kappa shape index (κ2) is 6.49. The van der Waals surface area contributed by atoms with Crippen LogP contribution >= 0.6 is 0 Å². The summed E-state index contributed by atoms with van der Waals surface area (Å²) in [7, 11) is 1.63. The molecular weight excluding hydrogens is 304 g/mol. The van der Waals surface area contributed by atoms with Crippen molar-refractivity contribution < 1.29 is 14.2 Å². The van der Waals surface area contributed by atoms with E-state index < -0.39 is 0 Å². The normalized spacial score (nSPS) is 21.0. The van der Waals surface area contributed by atoms with Crippen LogP contribution in [0.1, 0.15) is 31.2 Å². The van der Waals surface area contributed by atoms with Crippen LogP contribution in [0, 0.1) is 5.92 Å². The number of methoxy groups -OCH3 is 1. The molecule has 5 nitrogen and oxygen atoms in total. The van der Waals surface area contributed by atoms with Gasteiger partial charge in [0.05, 0.1) is 31.4 Å². The molecule has 1 aliphatic heterocycles. The Hall–Kier alpha value is -1.98. The van der Waals surface area contributed by atoms with Gasteiger partial charge < -0.3 is 14.2 Å². The quantitative estimate of drug-likeness (QED) is 0.863. The zero-order valence-electron chi connectivity index (χ0n) is 13.9. The van der Waals surface area contributed by atoms with Gasteiger partial charge in [0.25, 0.3) is 0 Å². The lowest BCUT2D eigenvalue weighted by Gasteiger charge is -2.34. The Labute approximate surface area is 141 Å². The summed E-state index contributed by atoms with van der Waals surface area (Å²) in [4.78, 5) is 8.91. The Kier molecular flexibility index (Phi) is 4.21. The number of hydrogen-bond donors (Lipinski definition) is 0. The second-order valence-electron chi connectivity index (χ2n) is 6.43. The molecule has 3 heterocycles. The topological polar surface area (TPSA) is 53.5 Å². The van der Waals surface area contributed by atoms with Gasteiger partial charge in [-0.15, -0.1) is 0 Å². The van der Waals surface area contributed by atoms with Gasteiger partial charge in [-0.05, 0) is 30.9 Å². The average Bonchev–Trinajstić information content (AvgIpc) is 3.09. The summed E-state index contributed by atoms with van der Waals surface area (Å²) in [5, 5.41) is 0. The number of nitrogens with zero attached hydrogens (tertiary/aromatic N) is 2. The third kappa shape index (κ3) is 3.01. The predicted octanol–water partition coefficient (Wildman–Crippen LogP) is 3.58. The fourth-order valence-corrected chi connectivity index (χ4v) is 3.57. The summed E-state index contributed by atoms with van der Waals surface area (Å²) in [6.45, 7) is 1.47. The van der Waals surface area contributed by atoms with Crippen molar-refractivity contribution in [2.75, 3.05) is 20.3 Å². The molecule has 0 atom stereocenters. The molecule has 4 rings (SSSR count). The molecule has 2 aromatic rings. The molecule has 0 radical (unpaired) electrons. The lowest BCUT2D eigenvalue weighted by atomic mass is 9.84. The maximum Gasteiger partial charge on any atom is 0.213 e. The maximum absolute atomic E-state index is 5.80. The van der Waals surface area contributed by atoms with E-state index in [0.29, 0.717) is 11.8 Å². The van der Waals surface area contributed by atoms with Crippen LogP contribution in [0.3, 0.4) is 0 Å². The van der Waals surface area contributed by atoms with Gasteiger partial charge in [0, 0.05) is 30.7 Å². The molecule has 0 N–H and O–H groups in total. The van der Waals surface area contributed by atoms with Crippen molar-refractivity contribution in [1.29, 1.82) is 0 Å². The lowest BCUT2D eigenvalue weighted by molar-refractivity contribution is -0.180. The van der Waals surface area contributed by atoms with Gasteiger partial charge in [0.15, 0.2) is 5.79 Å². The first-order valence-corrected chi connectivity index (χ1v) is 8.54. The zero-order chi connectivity index (χ0) is 16.4. The number of ether oxygens (including phenoxy) is 3. The standard InChI is InChI=1S/C19H22N2O3/c1-22-17-5-4-16-18(21-17)15(8-11-20-16)3-2-14-6-9-19(10-7-14)23-12-13-24-19/h2-5,8,11,14H,6-7,9-10,12-13H2,1H3/b3-2+. The highest BCUT2D eigenvalue weighted by Gasteiger charge is 2.39. The average molecular weight is 326 g/mol. The molecule has 0 amide bonds. The Morgan fingerprint density at radius 3 is 2.71 bits per heavy atom. The SMILES string of the molecule is COc1ccc2nccc(/C=C/C3CCC4(CC3)OCCO4)c2n1. The van der Waals surface area contributed by atoms with Crippen LogP contribution in [0.15, 0.2) is 30.5 Å². The van der Waals surface area contributed by atoms with E-state index in [4.69, 9.17) is 14.2 Å². The Morgan fingerprint density at radius 2 is 1.96 bits per heavy atom. The van der Waals surface area contributed by atoms with E-state index >= 15 is 0 Å². The summed E-state index contributed by atoms with van der Waals surface area (Å²) in [6, 6.07) is 5.78. The summed E-state index contributed by atoms with van der Waals surface area (Å²) >= 11 is 0. The molecule has 1 aliphatic carbocycles. The van der Waals surface area contributed by atoms with Crippen molar-refractivity contribution in [2.45, 2.75) is 31.5 Å². The largest absolute Gasteiger partial charge is 0.481 e. The number of allylic oxidation sites excluding steroid dienone is 1. The van der Waals surface area contributed by atoms with Gasteiger partial charge >= 0.3 is 0 Å². The maximum atomic E-state index is 5.80. The molecule has 0 bridgehead atoms. The lowest BCUT2D eigenvalue weighted by Crippen LogP contribution is -2.34. The van der Waals surface area contributed by atoms with E-state index in [1.807, 2.05) is 24.4 Å². The van der Waals surface area contributed by atoms with E-state index in [2.05, 4.69) is 22.1 Å². The van der Waals surface area contributed by atoms with E-state index in [1.165, 1.54) is 0 Å². The minimum absolute atomic E-state index is 0.289. The number of fused-ring (bicyclic) bond motifs is 1. The second-order valence-corrected chi connectivity index (χ2v) is 6.43. The molecule has 0 aromatic carbocycles. The molecule has 24 heavy (non-hydrogen) atoms. The number of hydrogen-bond acceptors (Lipinski definition) is 5. The van der Waals surface area contributed by atoms with Crippen molar-refractivity contribution in [3.8, 4) is 5.88 Å². The van der Waals surface area contributed by atoms with Crippen molar-refractivity contribution in [2.24, 2.45) is 5.92 Å². The van der Waals surface area contributed by atoms with E-state index in [9.17, 15) is 0 Å². The van der Waals surface area contributed by atoms with E-state index in [0.717, 1.165) is 55.5 Å². The number of pyridine rings is 2. The van der Waals surface area contributed by atoms with Crippen LogP contribution in [-0.2, 0) is 9.47 Å². The van der Waals surface area contributed by atoms with Crippen LogP contribution in [-0.4, -0.2) is 36.1 Å². The first-order chi connectivity index (χ1) is 11.8. The van der Waals surface area contributed by atoms with Gasteiger partial charge in [-0.2, -0.15) is 0 Å². The van der Waals surface area contributed by atoms with Crippen LogP contribution in [0.25, 0.3) is 17.1 Å². The van der Waals surface area contributed by atoms with Crippen LogP contribution < -0.4 is 4.74 Å². The highest BCUT2D eigenvalue weighted by Crippen LogP contribution is 2.39. The Morgan fingerprint density at radius 1 is 1.17 bits per heavy atom. The molecule has 0 unspecified atom stereocenters. The van der Waals surface area contributed by atoms with Crippen LogP contribution in [0.2, 0.25) is 0 Å². The summed E-state index contributed by atoms with van der Waals surface area (Å²) in [5.41, 5.74) is 2.84. The molecule has 2 fully saturated rings. The third-order valence-electron chi connectivity index (χ3n) is 4.95. The highest BCUT2D eigenvalue weighted by atomic mass is 16.7. The van der Waals surface area contributed by atoms with E-state index in [-0.39, 0.29) is 5.79 Å². The molecule has 1 saturated heterocycles. The van der Waals surface area contributed by atoms with Crippen molar-refractivity contribution in [1.82, 2.24) is 9.97 Å². The Balaban J connectivity index is 1.51. The van der Waals surface area contributed by atoms with Crippen molar-refractivity contribution in [3.63, 3.8) is 0 Å². The molecule has 5 heteroatoms. The van der Waals surface area contributed by atoms with Crippen LogP contribution in [0.4, 0.5) is 0 Å². The van der Waals surface area contributed by atoms with Gasteiger partial charge in [-0.25, -0.2) is 4.98 Å². The molecule has 126 valence electrons. The minimum Gasteiger partial charge on any atom is -0.481 e. The third-order valence-corrected chi connectivity index (χ3v) is 4.95. The molecule has 1 spiro atoms. The highest BCUT2D eigenvalue weighted by molar-refractivity contribution is 5.84. The fourth-order valence-electron chi connectivity index (χ4n) is 3.57. The van der Waals surface area contributed by atoms with Crippen molar-refractivity contribution >= 4 is 17.1 Å². The van der Waals surface area contributed by atoms with E-state index in [1.54, 1.807) is 7.11 Å². The predicted molar refractivity (Wildman–Crippen MR) is 91.7 cm³/mol. The summed E-state index contributed by atoms with van der Waals surface area (Å²) in [5.74, 6) is 0.875. The first kappa shape index (κ1) is 15.5. The number of rotatable bonds is 3. The number of aromatic nitrogens is 2. The molecular formula is C19H22N2O3. The Bertz CT molecular complexity index is 743. The van der Waals surface area contributed by atoms with Gasteiger partial charge in [-0.3, -0.25) is 4.98 Å². The first-order valence-electron chi connectivity index (χ1n) is 8.54. The fraction of sp³-hybridized carbons (Fsp3) is 0.474. The monoisotopic (exact) mass is 326 g/mol. The minimum atomic E-state index is -0.289. The summed E-state index contributed by atoms with van der Waals surface area (Å²) < 4.78 is 16.8. The van der Waals surface area contributed by atoms with Gasteiger partial charge in [-0.1, -0.05) is 12.2 Å². The summed E-state index contributed by atoms with van der Waals surface area (Å²) in [6.07, 6.45) is 10.4. The zero-order valence-corrected chi connectivity index (χ0v) is 13.9. The van der Waals surface area contributed by atoms with Crippen molar-refractivity contribution in [3.05, 3.63) is 36.0 Å².